The number of halogens is 2. The van der Waals surface area contributed by atoms with Gasteiger partial charge in [0.15, 0.2) is 0 Å². The second kappa shape index (κ2) is 7.27. The highest BCUT2D eigenvalue weighted by atomic mass is 79.9. The Morgan fingerprint density at radius 2 is 1.82 bits per heavy atom. The van der Waals surface area contributed by atoms with Gasteiger partial charge in [0.1, 0.15) is 0 Å². The molecule has 3 N–H and O–H groups in total. The molecule has 0 spiro atoms. The third-order valence-electron chi connectivity index (χ3n) is 3.32. The average molecular weight is 413 g/mol. The Bertz CT molecular complexity index is 658. The maximum absolute atomic E-state index is 12.7. The van der Waals surface area contributed by atoms with E-state index in [1.54, 1.807) is 0 Å². The van der Waals surface area contributed by atoms with Crippen LogP contribution in [0.15, 0.2) is 27.6 Å². The highest BCUT2D eigenvalue weighted by molar-refractivity contribution is 9.10. The fourth-order valence-electron chi connectivity index (χ4n) is 2.48. The Morgan fingerprint density at radius 3 is 2.32 bits per heavy atom. The van der Waals surface area contributed by atoms with Gasteiger partial charge in [0, 0.05) is 35.2 Å². The summed E-state index contributed by atoms with van der Waals surface area (Å²) in [4.78, 5) is 11.4. The van der Waals surface area contributed by atoms with Gasteiger partial charge in [0.2, 0.25) is 15.9 Å². The molecule has 1 amide bonds. The zero-order valence-electron chi connectivity index (χ0n) is 12.2. The zero-order valence-corrected chi connectivity index (χ0v) is 15.5. The highest BCUT2D eigenvalue weighted by Gasteiger charge is 2.31. The predicted molar refractivity (Wildman–Crippen MR) is 90.7 cm³/mol. The molecule has 0 radical (unpaired) electrons. The van der Waals surface area contributed by atoms with Crippen LogP contribution in [0.4, 0.5) is 0 Å². The maximum atomic E-state index is 12.7. The molecule has 1 aromatic carbocycles. The summed E-state index contributed by atoms with van der Waals surface area (Å²) in [6.45, 7) is 4.66. The molecule has 2 rings (SSSR count). The lowest BCUT2D eigenvalue weighted by atomic mass is 10.2. The molecule has 1 aromatic rings. The van der Waals surface area contributed by atoms with Gasteiger partial charge in [-0.15, -0.1) is 12.4 Å². The molecule has 22 heavy (non-hydrogen) atoms. The number of sulfonamides is 1. The molecule has 1 fully saturated rings. The number of amides is 1. The fraction of sp³-hybridized carbons (Fsp3) is 0.462. The average Bonchev–Trinajstić information content (AvgIpc) is 2.36. The van der Waals surface area contributed by atoms with Crippen molar-refractivity contribution in [2.24, 2.45) is 5.73 Å². The van der Waals surface area contributed by atoms with Gasteiger partial charge in [-0.3, -0.25) is 4.79 Å². The number of rotatable bonds is 3. The predicted octanol–water partition coefficient (Wildman–Crippen LogP) is 1.34. The number of hydrogen-bond donors (Lipinski definition) is 2. The van der Waals surface area contributed by atoms with Crippen LogP contribution in [0.2, 0.25) is 0 Å². The number of nitrogens with one attached hydrogen (secondary N) is 1. The quantitative estimate of drug-likeness (QED) is 0.783. The Hall–Kier alpha value is -0.670. The summed E-state index contributed by atoms with van der Waals surface area (Å²) in [5.74, 6) is -0.658. The first-order valence-electron chi connectivity index (χ1n) is 6.56. The van der Waals surface area contributed by atoms with E-state index in [1.807, 2.05) is 13.8 Å². The SMILES string of the molecule is CC1CN(S(=O)(=O)c2cc(Br)cc(C(N)=O)c2)CC(C)N1.Cl. The first-order valence-corrected chi connectivity index (χ1v) is 8.80. The van der Waals surface area contributed by atoms with Crippen molar-refractivity contribution in [3.8, 4) is 0 Å². The molecule has 6 nitrogen and oxygen atoms in total. The molecule has 1 aliphatic rings. The van der Waals surface area contributed by atoms with E-state index in [0.29, 0.717) is 17.6 Å². The number of nitrogens with two attached hydrogens (primary N) is 1. The Balaban J connectivity index is 0.00000242. The van der Waals surface area contributed by atoms with Gasteiger partial charge in [-0.05, 0) is 32.0 Å². The van der Waals surface area contributed by atoms with Crippen LogP contribution < -0.4 is 11.1 Å². The standard InChI is InChI=1S/C13H18BrN3O3S.ClH/c1-8-6-17(7-9(2)16-8)21(19,20)12-4-10(13(15)18)3-11(14)5-12;/h3-5,8-9,16H,6-7H2,1-2H3,(H2,15,18);1H. The number of nitrogens with zero attached hydrogens (tertiary/aromatic N) is 1. The molecule has 0 aliphatic carbocycles. The number of carbonyl (C=O) groups excluding carboxylic acids is 1. The lowest BCUT2D eigenvalue weighted by Gasteiger charge is -2.35. The fourth-order valence-corrected chi connectivity index (χ4v) is 4.81. The summed E-state index contributed by atoms with van der Waals surface area (Å²) in [5.41, 5.74) is 5.41. The smallest absolute Gasteiger partial charge is 0.248 e. The minimum atomic E-state index is -3.65. The first kappa shape index (κ1) is 19.4. The van der Waals surface area contributed by atoms with Gasteiger partial charge in [-0.1, -0.05) is 15.9 Å². The van der Waals surface area contributed by atoms with Gasteiger partial charge in [0.25, 0.3) is 0 Å². The summed E-state index contributed by atoms with van der Waals surface area (Å²) in [6.07, 6.45) is 0. The van der Waals surface area contributed by atoms with Crippen molar-refractivity contribution in [2.75, 3.05) is 13.1 Å². The number of hydrogen-bond acceptors (Lipinski definition) is 4. The minimum Gasteiger partial charge on any atom is -0.366 e. The Morgan fingerprint density at radius 1 is 1.27 bits per heavy atom. The van der Waals surface area contributed by atoms with E-state index in [1.165, 1.54) is 22.5 Å². The van der Waals surface area contributed by atoms with Crippen molar-refractivity contribution in [2.45, 2.75) is 30.8 Å². The monoisotopic (exact) mass is 411 g/mol. The third kappa shape index (κ3) is 4.20. The number of primary amides is 1. The van der Waals surface area contributed by atoms with E-state index < -0.39 is 15.9 Å². The van der Waals surface area contributed by atoms with Crippen LogP contribution in [-0.4, -0.2) is 43.8 Å². The van der Waals surface area contributed by atoms with Crippen LogP contribution >= 0.6 is 28.3 Å². The summed E-state index contributed by atoms with van der Waals surface area (Å²) in [6, 6.07) is 4.46. The number of benzene rings is 1. The summed E-state index contributed by atoms with van der Waals surface area (Å²) in [7, 11) is -3.65. The molecule has 0 bridgehead atoms. The lowest BCUT2D eigenvalue weighted by Crippen LogP contribution is -2.55. The number of carbonyl (C=O) groups is 1. The van der Waals surface area contributed by atoms with Gasteiger partial charge >= 0.3 is 0 Å². The highest BCUT2D eigenvalue weighted by Crippen LogP contribution is 2.24. The summed E-state index contributed by atoms with van der Waals surface area (Å²) >= 11 is 3.22. The van der Waals surface area contributed by atoms with Crippen molar-refractivity contribution in [1.29, 1.82) is 0 Å². The van der Waals surface area contributed by atoms with E-state index in [4.69, 9.17) is 5.73 Å². The molecule has 1 aliphatic heterocycles. The van der Waals surface area contributed by atoms with E-state index in [2.05, 4.69) is 21.2 Å². The molecule has 1 saturated heterocycles. The Labute approximate surface area is 145 Å². The van der Waals surface area contributed by atoms with E-state index >= 15 is 0 Å². The van der Waals surface area contributed by atoms with Gasteiger partial charge < -0.3 is 11.1 Å². The molecule has 9 heteroatoms. The summed E-state index contributed by atoms with van der Waals surface area (Å²) < 4.78 is 27.4. The molecule has 1 heterocycles. The van der Waals surface area contributed by atoms with Crippen LogP contribution in [0, 0.1) is 0 Å². The molecule has 124 valence electrons. The van der Waals surface area contributed by atoms with Crippen molar-refractivity contribution in [3.63, 3.8) is 0 Å². The normalized spacial score (nSPS) is 22.9. The first-order chi connectivity index (χ1) is 9.70. The number of piperazine rings is 1. The molecular weight excluding hydrogens is 394 g/mol. The van der Waals surface area contributed by atoms with Gasteiger partial charge in [0.05, 0.1) is 4.90 Å². The molecule has 0 saturated carbocycles. The van der Waals surface area contributed by atoms with Crippen LogP contribution in [0.25, 0.3) is 0 Å². The van der Waals surface area contributed by atoms with Crippen LogP contribution in [0.1, 0.15) is 24.2 Å². The summed E-state index contributed by atoms with van der Waals surface area (Å²) in [5, 5.41) is 3.28. The Kier molecular flexibility index (Phi) is 6.40. The van der Waals surface area contributed by atoms with Crippen LogP contribution in [0.3, 0.4) is 0 Å². The van der Waals surface area contributed by atoms with E-state index in [-0.39, 0.29) is 34.9 Å². The van der Waals surface area contributed by atoms with Gasteiger partial charge in [-0.25, -0.2) is 8.42 Å². The van der Waals surface area contributed by atoms with Gasteiger partial charge in [-0.2, -0.15) is 4.31 Å². The second-order valence-corrected chi connectivity index (χ2v) is 8.18. The molecule has 0 aromatic heterocycles. The second-order valence-electron chi connectivity index (χ2n) is 5.33. The van der Waals surface area contributed by atoms with Crippen LogP contribution in [-0.2, 0) is 10.0 Å². The largest absolute Gasteiger partial charge is 0.366 e. The van der Waals surface area contributed by atoms with E-state index in [0.717, 1.165) is 0 Å². The third-order valence-corrected chi connectivity index (χ3v) is 5.58. The topological polar surface area (TPSA) is 92.5 Å². The van der Waals surface area contributed by atoms with Crippen LogP contribution in [0.5, 0.6) is 0 Å². The minimum absolute atomic E-state index is 0. The van der Waals surface area contributed by atoms with E-state index in [9.17, 15) is 13.2 Å². The lowest BCUT2D eigenvalue weighted by molar-refractivity contribution is 0.1000. The van der Waals surface area contributed by atoms with Crippen molar-refractivity contribution in [3.05, 3.63) is 28.2 Å². The van der Waals surface area contributed by atoms with Crippen molar-refractivity contribution < 1.29 is 13.2 Å². The molecule has 2 atom stereocenters. The van der Waals surface area contributed by atoms with Crippen molar-refractivity contribution >= 4 is 44.3 Å². The molecular formula is C13H19BrClN3O3S. The van der Waals surface area contributed by atoms with Crippen molar-refractivity contribution in [1.82, 2.24) is 9.62 Å². The maximum Gasteiger partial charge on any atom is 0.248 e. The molecule has 2 unspecified atom stereocenters. The zero-order chi connectivity index (χ0) is 15.8.